The van der Waals surface area contributed by atoms with Crippen LogP contribution in [0.4, 0.5) is 0 Å². The zero-order valence-electron chi connectivity index (χ0n) is 17.3. The first-order valence-electron chi connectivity index (χ1n) is 11.8. The van der Waals surface area contributed by atoms with Gasteiger partial charge in [0.05, 0.1) is 0 Å². The third kappa shape index (κ3) is 4.48. The van der Waals surface area contributed by atoms with Gasteiger partial charge in [0.1, 0.15) is 0 Å². The van der Waals surface area contributed by atoms with Gasteiger partial charge < -0.3 is 0 Å². The highest BCUT2D eigenvalue weighted by Gasteiger charge is 2.42. The maximum atomic E-state index is 10.3. The van der Waals surface area contributed by atoms with Crippen LogP contribution in [0.1, 0.15) is 131 Å². The molecule has 0 aliphatic heterocycles. The predicted octanol–water partition coefficient (Wildman–Crippen LogP) is 6.19. The van der Waals surface area contributed by atoms with Crippen LogP contribution in [0.15, 0.2) is 12.1 Å². The van der Waals surface area contributed by atoms with Crippen molar-refractivity contribution in [3.05, 3.63) is 28.8 Å². The maximum absolute atomic E-state index is 10.3. The second-order valence-corrected chi connectivity index (χ2v) is 11.2. The number of hydrogen-bond donors (Lipinski definition) is 3. The van der Waals surface area contributed by atoms with E-state index < -0.39 is 7.94 Å². The largest absolute Gasteiger partial charge is 0.441 e. The molecular weight excluding hydrogens is 367 g/mol. The number of benzene rings is 1. The molecule has 0 aromatic heterocycles. The zero-order valence-corrected chi connectivity index (χ0v) is 18.2. The van der Waals surface area contributed by atoms with E-state index in [9.17, 15) is 14.7 Å². The lowest BCUT2D eigenvalue weighted by atomic mass is 9.71. The first-order valence-corrected chi connectivity index (χ1v) is 13.4. The molecule has 4 rings (SSSR count). The molecule has 3 nitrogen and oxygen atoms in total. The van der Waals surface area contributed by atoms with E-state index in [0.29, 0.717) is 23.1 Å². The van der Waals surface area contributed by atoms with Gasteiger partial charge in [-0.3, -0.25) is 0 Å². The van der Waals surface area contributed by atoms with E-state index in [2.05, 4.69) is 6.07 Å². The maximum Gasteiger partial charge on any atom is 0.441 e. The van der Waals surface area contributed by atoms with E-state index in [1.54, 1.807) is 0 Å². The Bertz CT molecular complexity index is 649. The predicted molar refractivity (Wildman–Crippen MR) is 117 cm³/mol. The summed E-state index contributed by atoms with van der Waals surface area (Å²) < 4.78 is 0. The second-order valence-electron chi connectivity index (χ2n) is 9.57. The number of hydrogen-bond acceptors (Lipinski definition) is 3. The van der Waals surface area contributed by atoms with Crippen molar-refractivity contribution in [2.75, 3.05) is 0 Å². The quantitative estimate of drug-likeness (QED) is 0.523. The average Bonchev–Trinajstić information content (AvgIpc) is 2.74. The van der Waals surface area contributed by atoms with Crippen LogP contribution in [0.3, 0.4) is 0 Å². The molecule has 0 amide bonds. The molecule has 4 heteroatoms. The van der Waals surface area contributed by atoms with Gasteiger partial charge in [-0.1, -0.05) is 63.9 Å². The highest BCUT2D eigenvalue weighted by Crippen LogP contribution is 2.52. The smallest absolute Gasteiger partial charge is 0.189 e. The minimum Gasteiger partial charge on any atom is -0.189 e. The summed E-state index contributed by atoms with van der Waals surface area (Å²) in [6.07, 6.45) is 18.8. The van der Waals surface area contributed by atoms with Gasteiger partial charge >= 0.3 is 7.94 Å². The van der Waals surface area contributed by atoms with Gasteiger partial charge in [-0.2, -0.15) is 14.7 Å². The van der Waals surface area contributed by atoms with Crippen molar-refractivity contribution in [1.82, 2.24) is 0 Å². The molecule has 3 fully saturated rings. The molecule has 0 atom stereocenters. The average molecular weight is 406 g/mol. The molecule has 3 N–H and O–H groups in total. The van der Waals surface area contributed by atoms with E-state index in [0.717, 1.165) is 18.4 Å². The van der Waals surface area contributed by atoms with Gasteiger partial charge in [-0.25, -0.2) is 0 Å². The Balaban J connectivity index is 1.86. The van der Waals surface area contributed by atoms with Gasteiger partial charge in [0, 0.05) is 5.56 Å². The third-order valence-electron chi connectivity index (χ3n) is 7.69. The van der Waals surface area contributed by atoms with Gasteiger partial charge in [0.15, 0.2) is 5.30 Å². The fourth-order valence-electron chi connectivity index (χ4n) is 6.34. The molecule has 0 unspecified atom stereocenters. The molecule has 3 saturated carbocycles. The Morgan fingerprint density at radius 3 is 1.43 bits per heavy atom. The van der Waals surface area contributed by atoms with Crippen molar-refractivity contribution >= 4 is 13.2 Å². The molecule has 0 bridgehead atoms. The SMILES string of the molecule is O[P+](O)(O)c1ccc(C2CCCCC2)c(C2CCCCC2)c1C1CCCCC1. The van der Waals surface area contributed by atoms with Crippen molar-refractivity contribution in [2.24, 2.45) is 0 Å². The lowest BCUT2D eigenvalue weighted by Gasteiger charge is -2.35. The van der Waals surface area contributed by atoms with Crippen LogP contribution in [0, 0.1) is 0 Å². The van der Waals surface area contributed by atoms with Crippen LogP contribution in [0.2, 0.25) is 0 Å². The Morgan fingerprint density at radius 2 is 0.964 bits per heavy atom. The molecular formula is C24H38O3P+. The molecule has 156 valence electrons. The van der Waals surface area contributed by atoms with E-state index in [-0.39, 0.29) is 0 Å². The summed E-state index contributed by atoms with van der Waals surface area (Å²) in [5, 5.41) is 0.472. The molecule has 3 aliphatic carbocycles. The molecule has 28 heavy (non-hydrogen) atoms. The van der Waals surface area contributed by atoms with Crippen LogP contribution >= 0.6 is 7.94 Å². The van der Waals surface area contributed by atoms with Crippen molar-refractivity contribution < 1.29 is 14.7 Å². The summed E-state index contributed by atoms with van der Waals surface area (Å²) in [5.74, 6) is 1.54. The first-order chi connectivity index (χ1) is 13.6. The molecule has 0 spiro atoms. The van der Waals surface area contributed by atoms with Crippen LogP contribution in [-0.2, 0) is 0 Å². The fourth-order valence-corrected chi connectivity index (χ4v) is 7.24. The Labute approximate surface area is 171 Å². The van der Waals surface area contributed by atoms with Crippen molar-refractivity contribution in [3.8, 4) is 0 Å². The summed E-state index contributed by atoms with van der Waals surface area (Å²) in [6, 6.07) is 4.05. The lowest BCUT2D eigenvalue weighted by Crippen LogP contribution is -2.26. The Kier molecular flexibility index (Phi) is 6.78. The highest BCUT2D eigenvalue weighted by atomic mass is 31.2. The summed E-state index contributed by atoms with van der Waals surface area (Å²) in [6.45, 7) is 0. The van der Waals surface area contributed by atoms with Crippen LogP contribution in [-0.4, -0.2) is 14.7 Å². The van der Waals surface area contributed by atoms with Crippen LogP contribution < -0.4 is 5.30 Å². The summed E-state index contributed by atoms with van der Waals surface area (Å²) >= 11 is 0. The molecule has 0 saturated heterocycles. The normalized spacial score (nSPS) is 23.8. The summed E-state index contributed by atoms with van der Waals surface area (Å²) in [4.78, 5) is 31.0. The molecule has 3 aliphatic rings. The molecule has 0 heterocycles. The first kappa shape index (κ1) is 20.8. The van der Waals surface area contributed by atoms with Crippen LogP contribution in [0.5, 0.6) is 0 Å². The molecule has 1 aromatic carbocycles. The van der Waals surface area contributed by atoms with E-state index in [1.807, 2.05) is 6.07 Å². The van der Waals surface area contributed by atoms with Crippen LogP contribution in [0.25, 0.3) is 0 Å². The van der Waals surface area contributed by atoms with Gasteiger partial charge in [-0.05, 0) is 73.5 Å². The minimum atomic E-state index is -4.01. The van der Waals surface area contributed by atoms with Gasteiger partial charge in [0.2, 0.25) is 0 Å². The topological polar surface area (TPSA) is 60.7 Å². The Morgan fingerprint density at radius 1 is 0.536 bits per heavy atom. The van der Waals surface area contributed by atoms with Crippen molar-refractivity contribution in [1.29, 1.82) is 0 Å². The monoisotopic (exact) mass is 405 g/mol. The lowest BCUT2D eigenvalue weighted by molar-refractivity contribution is 0.345. The zero-order chi connectivity index (χ0) is 19.6. The minimum absolute atomic E-state index is 0.384. The van der Waals surface area contributed by atoms with E-state index >= 15 is 0 Å². The van der Waals surface area contributed by atoms with E-state index in [4.69, 9.17) is 0 Å². The van der Waals surface area contributed by atoms with Crippen molar-refractivity contribution in [2.45, 2.75) is 114 Å². The highest BCUT2D eigenvalue weighted by molar-refractivity contribution is 7.66. The Hall–Kier alpha value is -0.470. The molecule has 0 radical (unpaired) electrons. The standard InChI is InChI=1S/C24H38O3P/c25-28(26,27)22-17-16-21(18-10-4-1-5-11-18)23(19-12-6-2-7-13-19)24(22)20-14-8-3-9-15-20/h16-20,25-27H,1-15H2/q+1. The summed E-state index contributed by atoms with van der Waals surface area (Å²) in [7, 11) is -4.01. The second kappa shape index (κ2) is 9.13. The molecule has 1 aromatic rings. The van der Waals surface area contributed by atoms with E-state index in [1.165, 1.54) is 94.6 Å². The van der Waals surface area contributed by atoms with Gasteiger partial charge in [0.25, 0.3) is 0 Å². The third-order valence-corrected chi connectivity index (χ3v) is 8.73. The fraction of sp³-hybridized carbons (Fsp3) is 0.750. The number of rotatable bonds is 4. The van der Waals surface area contributed by atoms with Crippen molar-refractivity contribution in [3.63, 3.8) is 0 Å². The summed E-state index contributed by atoms with van der Waals surface area (Å²) in [5.41, 5.74) is 4.09. The van der Waals surface area contributed by atoms with Gasteiger partial charge in [-0.15, -0.1) is 0 Å².